The van der Waals surface area contributed by atoms with Crippen LogP contribution >= 0.6 is 0 Å². The highest BCUT2D eigenvalue weighted by atomic mass is 19.1. The number of carbonyl (C=O) groups is 1. The molecule has 2 heterocycles. The quantitative estimate of drug-likeness (QED) is 0.386. The smallest absolute Gasteiger partial charge is 0.257 e. The van der Waals surface area contributed by atoms with Gasteiger partial charge in [-0.25, -0.2) is 14.4 Å². The lowest BCUT2D eigenvalue weighted by atomic mass is 10.1. The van der Waals surface area contributed by atoms with Gasteiger partial charge in [0.25, 0.3) is 5.91 Å². The van der Waals surface area contributed by atoms with Crippen molar-refractivity contribution in [2.75, 3.05) is 5.73 Å². The third-order valence-corrected chi connectivity index (χ3v) is 5.57. The molecule has 0 atom stereocenters. The lowest BCUT2D eigenvalue weighted by molar-refractivity contribution is 0.0953. The van der Waals surface area contributed by atoms with E-state index in [1.807, 2.05) is 55.5 Å². The molecule has 8 heteroatoms. The maximum Gasteiger partial charge on any atom is 0.257 e. The molecule has 168 valence electrons. The second-order valence-electron chi connectivity index (χ2n) is 7.87. The van der Waals surface area contributed by atoms with E-state index >= 15 is 0 Å². The number of nitrogen functional groups attached to an aromatic ring is 1. The third kappa shape index (κ3) is 3.97. The first kappa shape index (κ1) is 21.3. The van der Waals surface area contributed by atoms with Gasteiger partial charge in [-0.3, -0.25) is 4.79 Å². The summed E-state index contributed by atoms with van der Waals surface area (Å²) < 4.78 is 14.6. The molecular formula is C26H21FN6O. The molecule has 1 amide bonds. The fourth-order valence-electron chi connectivity index (χ4n) is 3.71. The van der Waals surface area contributed by atoms with Crippen molar-refractivity contribution in [3.05, 3.63) is 101 Å². The van der Waals surface area contributed by atoms with E-state index in [1.165, 1.54) is 16.8 Å². The maximum atomic E-state index is 13.2. The number of hydrogen-bond donors (Lipinski definition) is 2. The monoisotopic (exact) mass is 452 g/mol. The summed E-state index contributed by atoms with van der Waals surface area (Å²) in [4.78, 5) is 22.6. The second kappa shape index (κ2) is 8.74. The summed E-state index contributed by atoms with van der Waals surface area (Å²) in [5.41, 5.74) is 11.4. The average molecular weight is 452 g/mol. The Labute approximate surface area is 194 Å². The van der Waals surface area contributed by atoms with Crippen LogP contribution in [0.2, 0.25) is 0 Å². The lowest BCUT2D eigenvalue weighted by Crippen LogP contribution is -2.23. The Bertz CT molecular complexity index is 1560. The van der Waals surface area contributed by atoms with E-state index in [-0.39, 0.29) is 23.7 Å². The molecule has 0 radical (unpaired) electrons. The van der Waals surface area contributed by atoms with Crippen LogP contribution in [0, 0.1) is 12.7 Å². The van der Waals surface area contributed by atoms with Gasteiger partial charge in [0, 0.05) is 6.54 Å². The normalized spacial score (nSPS) is 11.5. The maximum absolute atomic E-state index is 13.2. The molecule has 7 nitrogen and oxygen atoms in total. The number of amides is 1. The number of carbonyl (C=O) groups excluding carboxylic acids is 1. The van der Waals surface area contributed by atoms with Crippen LogP contribution in [-0.2, 0) is 6.54 Å². The Morgan fingerprint density at radius 2 is 1.71 bits per heavy atom. The molecular weight excluding hydrogens is 431 g/mol. The zero-order valence-electron chi connectivity index (χ0n) is 18.4. The number of aromatic nitrogens is 3. The molecule has 5 rings (SSSR count). The largest absolute Gasteiger partial charge is 0.383 e. The molecule has 3 N–H and O–H groups in total. The van der Waals surface area contributed by atoms with Crippen molar-refractivity contribution in [3.8, 4) is 0 Å². The number of benzene rings is 3. The predicted molar refractivity (Wildman–Crippen MR) is 131 cm³/mol. The Balaban J connectivity index is 1.59. The number of hydrogen-bond acceptors (Lipinski definition) is 5. The van der Waals surface area contributed by atoms with Gasteiger partial charge in [-0.15, -0.1) is 0 Å². The number of para-hydroxylation sites is 2. The minimum absolute atomic E-state index is 0.131. The topological polar surface area (TPSA) is 98.2 Å². The molecule has 0 fully saturated rings. The summed E-state index contributed by atoms with van der Waals surface area (Å²) in [6.07, 6.45) is 1.68. The second-order valence-corrected chi connectivity index (χ2v) is 7.87. The molecule has 0 aliphatic carbocycles. The Hall–Kier alpha value is -4.59. The molecule has 2 aromatic heterocycles. The summed E-state index contributed by atoms with van der Waals surface area (Å²) in [6.45, 7) is 2.19. The summed E-state index contributed by atoms with van der Waals surface area (Å²) >= 11 is 0. The fraction of sp³-hybridized carbons (Fsp3) is 0.0769. The standard InChI is InChI=1S/C26H21FN6O/c1-16-6-2-3-7-18(16)15-30-33-24(28)22(26(34)29-14-17-10-12-19(27)13-11-17)23-25(33)32-21-9-5-4-8-20(21)31-23/h2-13,15H,14,28H2,1H3,(H,29,34)/b30-15-. The van der Waals surface area contributed by atoms with Crippen LogP contribution in [0.25, 0.3) is 22.2 Å². The first-order valence-corrected chi connectivity index (χ1v) is 10.7. The van der Waals surface area contributed by atoms with Crippen molar-refractivity contribution in [2.24, 2.45) is 5.10 Å². The molecule has 0 spiro atoms. The van der Waals surface area contributed by atoms with E-state index in [1.54, 1.807) is 18.3 Å². The van der Waals surface area contributed by atoms with Crippen LogP contribution in [0.4, 0.5) is 10.2 Å². The number of anilines is 1. The van der Waals surface area contributed by atoms with Gasteiger partial charge in [0.05, 0.1) is 17.2 Å². The molecule has 0 saturated heterocycles. The SMILES string of the molecule is Cc1ccccc1/C=N\n1c(N)c(C(=O)NCc2ccc(F)cc2)c2nc3ccccc3nc21. The van der Waals surface area contributed by atoms with Gasteiger partial charge in [-0.1, -0.05) is 48.5 Å². The summed E-state index contributed by atoms with van der Waals surface area (Å²) in [5.74, 6) is -0.621. The van der Waals surface area contributed by atoms with Gasteiger partial charge in [0.15, 0.2) is 5.65 Å². The zero-order chi connectivity index (χ0) is 23.7. The van der Waals surface area contributed by atoms with Crippen molar-refractivity contribution in [3.63, 3.8) is 0 Å². The lowest BCUT2D eigenvalue weighted by Gasteiger charge is -2.06. The first-order valence-electron chi connectivity index (χ1n) is 10.7. The van der Waals surface area contributed by atoms with Crippen molar-refractivity contribution < 1.29 is 9.18 Å². The number of aryl methyl sites for hydroxylation is 1. The van der Waals surface area contributed by atoms with Crippen LogP contribution in [0.15, 0.2) is 77.9 Å². The number of nitrogens with zero attached hydrogens (tertiary/aromatic N) is 4. The number of rotatable bonds is 5. The van der Waals surface area contributed by atoms with Gasteiger partial charge >= 0.3 is 0 Å². The number of fused-ring (bicyclic) bond motifs is 2. The van der Waals surface area contributed by atoms with Crippen molar-refractivity contribution >= 4 is 40.1 Å². The molecule has 3 aromatic carbocycles. The number of nitrogens with one attached hydrogen (secondary N) is 1. The van der Waals surface area contributed by atoms with Crippen molar-refractivity contribution in [1.82, 2.24) is 20.0 Å². The van der Waals surface area contributed by atoms with Gasteiger partial charge in [0.1, 0.15) is 22.7 Å². The minimum atomic E-state index is -0.416. The van der Waals surface area contributed by atoms with E-state index in [9.17, 15) is 9.18 Å². The third-order valence-electron chi connectivity index (χ3n) is 5.57. The summed E-state index contributed by atoms with van der Waals surface area (Å²) in [5, 5.41) is 7.38. The zero-order valence-corrected chi connectivity index (χ0v) is 18.4. The predicted octanol–water partition coefficient (Wildman–Crippen LogP) is 4.43. The molecule has 34 heavy (non-hydrogen) atoms. The van der Waals surface area contributed by atoms with E-state index in [0.717, 1.165) is 16.7 Å². The molecule has 0 aliphatic heterocycles. The molecule has 5 aromatic rings. The Morgan fingerprint density at radius 1 is 1.03 bits per heavy atom. The van der Waals surface area contributed by atoms with Crippen LogP contribution < -0.4 is 11.1 Å². The van der Waals surface area contributed by atoms with E-state index in [4.69, 9.17) is 5.73 Å². The van der Waals surface area contributed by atoms with E-state index < -0.39 is 5.91 Å². The van der Waals surface area contributed by atoms with Crippen molar-refractivity contribution in [2.45, 2.75) is 13.5 Å². The molecule has 0 unspecified atom stereocenters. The molecule has 0 saturated carbocycles. The highest BCUT2D eigenvalue weighted by Gasteiger charge is 2.24. The highest BCUT2D eigenvalue weighted by molar-refractivity contribution is 6.10. The van der Waals surface area contributed by atoms with Crippen molar-refractivity contribution in [1.29, 1.82) is 0 Å². The van der Waals surface area contributed by atoms with Crippen LogP contribution in [0.1, 0.15) is 27.0 Å². The molecule has 0 bridgehead atoms. The van der Waals surface area contributed by atoms with E-state index in [0.29, 0.717) is 22.2 Å². The van der Waals surface area contributed by atoms with Gasteiger partial charge in [0.2, 0.25) is 0 Å². The number of nitrogens with two attached hydrogens (primary N) is 1. The minimum Gasteiger partial charge on any atom is -0.383 e. The van der Waals surface area contributed by atoms with Gasteiger partial charge in [-0.2, -0.15) is 9.78 Å². The summed E-state index contributed by atoms with van der Waals surface area (Å²) in [7, 11) is 0. The van der Waals surface area contributed by atoms with Gasteiger partial charge < -0.3 is 11.1 Å². The Morgan fingerprint density at radius 3 is 2.44 bits per heavy atom. The number of halogens is 1. The summed E-state index contributed by atoms with van der Waals surface area (Å²) in [6, 6.07) is 21.1. The molecule has 0 aliphatic rings. The van der Waals surface area contributed by atoms with Crippen LogP contribution in [0.5, 0.6) is 0 Å². The van der Waals surface area contributed by atoms with E-state index in [2.05, 4.69) is 20.4 Å². The van der Waals surface area contributed by atoms with Crippen LogP contribution in [0.3, 0.4) is 0 Å². The first-order chi connectivity index (χ1) is 16.5. The Kier molecular flexibility index (Phi) is 5.47. The van der Waals surface area contributed by atoms with Crippen LogP contribution in [-0.4, -0.2) is 26.8 Å². The fourth-order valence-corrected chi connectivity index (χ4v) is 3.71. The van der Waals surface area contributed by atoms with Gasteiger partial charge in [-0.05, 0) is 47.9 Å². The average Bonchev–Trinajstić information content (AvgIpc) is 3.11. The highest BCUT2D eigenvalue weighted by Crippen LogP contribution is 2.28.